The molecule has 172 valence electrons. The Bertz CT molecular complexity index is 739. The number of unbranched alkanes of at least 4 members (excludes halogenated alkanes) is 1. The molecule has 0 aliphatic heterocycles. The Kier molecular flexibility index (Phi) is 8.36. The van der Waals surface area contributed by atoms with E-state index in [-0.39, 0.29) is 35.9 Å². The Morgan fingerprint density at radius 3 is 2.61 bits per heavy atom. The molecule has 0 radical (unpaired) electrons. The van der Waals surface area contributed by atoms with Gasteiger partial charge in [0.15, 0.2) is 0 Å². The first-order valence-corrected chi connectivity index (χ1v) is 12.2. The van der Waals surface area contributed by atoms with Crippen molar-refractivity contribution in [3.63, 3.8) is 0 Å². The van der Waals surface area contributed by atoms with Gasteiger partial charge in [0.25, 0.3) is 0 Å². The molecule has 3 rings (SSSR count). The van der Waals surface area contributed by atoms with Crippen LogP contribution in [-0.2, 0) is 14.3 Å². The Morgan fingerprint density at radius 2 is 1.97 bits per heavy atom. The molecular weight excluding hydrogens is 392 g/mol. The standard InChI is InChI=1S/C26H38O5/c1-3-4-11-19-21(12-8-13-24(29)30)26(31-2)17-16-23(28)20(25(19)26)14-15-22(27)18-9-6-5-7-10-18/h12,18-20,23,25,28H,3-11,13,16-17H2,1-2H3,(H,29,30). The van der Waals surface area contributed by atoms with E-state index in [2.05, 4.69) is 24.8 Å². The molecule has 0 aromatic heterocycles. The smallest absolute Gasteiger partial charge is 0.303 e. The number of methoxy groups -OCH3 is 1. The lowest BCUT2D eigenvalue weighted by atomic mass is 9.47. The fourth-order valence-electron chi connectivity index (χ4n) is 6.16. The van der Waals surface area contributed by atoms with Crippen molar-refractivity contribution in [2.24, 2.45) is 23.7 Å². The molecule has 0 aromatic carbocycles. The van der Waals surface area contributed by atoms with E-state index < -0.39 is 17.7 Å². The summed E-state index contributed by atoms with van der Waals surface area (Å²) >= 11 is 0. The van der Waals surface area contributed by atoms with Crippen molar-refractivity contribution in [2.45, 2.75) is 95.7 Å². The monoisotopic (exact) mass is 430 g/mol. The van der Waals surface area contributed by atoms with Gasteiger partial charge in [0.2, 0.25) is 5.78 Å². The predicted molar refractivity (Wildman–Crippen MR) is 119 cm³/mol. The number of hydrogen-bond donors (Lipinski definition) is 2. The van der Waals surface area contributed by atoms with E-state index in [0.717, 1.165) is 44.9 Å². The molecule has 0 bridgehead atoms. The molecule has 2 N–H and O–H groups in total. The molecule has 3 aliphatic carbocycles. The van der Waals surface area contributed by atoms with Gasteiger partial charge in [0.05, 0.1) is 17.6 Å². The maximum absolute atomic E-state index is 12.7. The minimum absolute atomic E-state index is 0.0298. The van der Waals surface area contributed by atoms with Crippen LogP contribution in [0.15, 0.2) is 11.6 Å². The summed E-state index contributed by atoms with van der Waals surface area (Å²) in [7, 11) is 1.71. The molecule has 0 aromatic rings. The van der Waals surface area contributed by atoms with Crippen LogP contribution in [0.4, 0.5) is 0 Å². The fourth-order valence-corrected chi connectivity index (χ4v) is 6.16. The molecule has 3 fully saturated rings. The first-order valence-electron chi connectivity index (χ1n) is 12.2. The van der Waals surface area contributed by atoms with Crippen LogP contribution in [0.2, 0.25) is 0 Å². The van der Waals surface area contributed by atoms with E-state index in [1.54, 1.807) is 7.11 Å². The molecule has 5 heteroatoms. The number of carbonyl (C=O) groups excluding carboxylic acids is 1. The van der Waals surface area contributed by atoms with Gasteiger partial charge in [-0.15, -0.1) is 0 Å². The summed E-state index contributed by atoms with van der Waals surface area (Å²) in [6.07, 6.45) is 11.8. The minimum Gasteiger partial charge on any atom is -0.481 e. The third-order valence-electron chi connectivity index (χ3n) is 7.77. The number of carboxylic acid groups (broad SMARTS) is 1. The highest BCUT2D eigenvalue weighted by Crippen LogP contribution is 2.61. The number of aliphatic hydroxyl groups is 1. The van der Waals surface area contributed by atoms with Gasteiger partial charge in [0, 0.05) is 25.4 Å². The van der Waals surface area contributed by atoms with Crippen LogP contribution in [0, 0.1) is 35.5 Å². The normalized spacial score (nSPS) is 34.4. The van der Waals surface area contributed by atoms with Gasteiger partial charge >= 0.3 is 5.97 Å². The van der Waals surface area contributed by atoms with Crippen molar-refractivity contribution in [1.29, 1.82) is 0 Å². The second kappa shape index (κ2) is 10.8. The molecule has 5 nitrogen and oxygen atoms in total. The third-order valence-corrected chi connectivity index (χ3v) is 7.77. The summed E-state index contributed by atoms with van der Waals surface area (Å²) in [5.74, 6) is 5.42. The van der Waals surface area contributed by atoms with Crippen molar-refractivity contribution in [2.75, 3.05) is 7.11 Å². The highest BCUT2D eigenvalue weighted by molar-refractivity contribution is 5.97. The van der Waals surface area contributed by atoms with Gasteiger partial charge in [-0.2, -0.15) is 0 Å². The molecule has 3 aliphatic rings. The number of carboxylic acids is 1. The predicted octanol–water partition coefficient (Wildman–Crippen LogP) is 4.52. The zero-order chi connectivity index (χ0) is 22.4. The summed E-state index contributed by atoms with van der Waals surface area (Å²) in [6, 6.07) is 0. The summed E-state index contributed by atoms with van der Waals surface area (Å²) < 4.78 is 6.08. The summed E-state index contributed by atoms with van der Waals surface area (Å²) in [4.78, 5) is 23.7. The molecule has 0 saturated heterocycles. The van der Waals surface area contributed by atoms with E-state index in [1.165, 1.54) is 12.0 Å². The highest BCUT2D eigenvalue weighted by Gasteiger charge is 2.63. The maximum atomic E-state index is 12.7. The zero-order valence-electron chi connectivity index (χ0n) is 19.1. The molecule has 5 atom stereocenters. The Balaban J connectivity index is 1.84. The SMILES string of the molecule is CCCCC1C(=CCCC(=O)O)C2(OC)CCC(O)C(C#CC(=O)C3CCCCC3)C12. The minimum atomic E-state index is -0.798. The number of fused-ring (bicyclic) bond motifs is 1. The van der Waals surface area contributed by atoms with Crippen molar-refractivity contribution in [1.82, 2.24) is 0 Å². The number of ketones is 1. The third kappa shape index (κ3) is 5.07. The first kappa shape index (κ1) is 24.0. The van der Waals surface area contributed by atoms with Gasteiger partial charge in [-0.25, -0.2) is 0 Å². The molecule has 0 heterocycles. The van der Waals surface area contributed by atoms with Crippen molar-refractivity contribution in [3.8, 4) is 11.8 Å². The topological polar surface area (TPSA) is 83.8 Å². The summed E-state index contributed by atoms with van der Waals surface area (Å²) in [6.45, 7) is 2.16. The maximum Gasteiger partial charge on any atom is 0.303 e. The van der Waals surface area contributed by atoms with E-state index >= 15 is 0 Å². The lowest BCUT2D eigenvalue weighted by molar-refractivity contribution is -0.167. The van der Waals surface area contributed by atoms with E-state index in [9.17, 15) is 14.7 Å². The number of rotatable bonds is 8. The van der Waals surface area contributed by atoms with Crippen molar-refractivity contribution in [3.05, 3.63) is 11.6 Å². The van der Waals surface area contributed by atoms with Gasteiger partial charge < -0.3 is 14.9 Å². The van der Waals surface area contributed by atoms with Gasteiger partial charge in [-0.1, -0.05) is 51.0 Å². The zero-order valence-corrected chi connectivity index (χ0v) is 19.1. The van der Waals surface area contributed by atoms with Crippen LogP contribution < -0.4 is 0 Å². The Morgan fingerprint density at radius 1 is 1.23 bits per heavy atom. The van der Waals surface area contributed by atoms with Crippen LogP contribution in [0.5, 0.6) is 0 Å². The van der Waals surface area contributed by atoms with Gasteiger partial charge in [0.1, 0.15) is 0 Å². The largest absolute Gasteiger partial charge is 0.481 e. The number of carbonyl (C=O) groups is 2. The van der Waals surface area contributed by atoms with Crippen molar-refractivity contribution >= 4 is 11.8 Å². The van der Waals surface area contributed by atoms with Gasteiger partial charge in [-0.05, 0) is 55.9 Å². The van der Waals surface area contributed by atoms with Crippen LogP contribution in [0.1, 0.15) is 84.0 Å². The van der Waals surface area contributed by atoms with Gasteiger partial charge in [-0.3, -0.25) is 9.59 Å². The summed E-state index contributed by atoms with van der Waals surface area (Å²) in [5, 5.41) is 19.9. The average Bonchev–Trinajstić information content (AvgIpc) is 2.77. The number of Topliss-reactive ketones (excluding diaryl/α,β-unsaturated/α-hetero) is 1. The number of aliphatic carboxylic acids is 1. The van der Waals surface area contributed by atoms with Crippen LogP contribution >= 0.6 is 0 Å². The number of ether oxygens (including phenoxy) is 1. The van der Waals surface area contributed by atoms with E-state index in [4.69, 9.17) is 9.84 Å². The molecule has 3 saturated carbocycles. The van der Waals surface area contributed by atoms with Crippen LogP contribution in [-0.4, -0.2) is 40.8 Å². The van der Waals surface area contributed by atoms with E-state index in [0.29, 0.717) is 19.3 Å². The van der Waals surface area contributed by atoms with Crippen molar-refractivity contribution < 1.29 is 24.5 Å². The second-order valence-electron chi connectivity index (χ2n) is 9.56. The molecular formula is C26H38O5. The quantitative estimate of drug-likeness (QED) is 0.336. The Hall–Kier alpha value is -1.64. The highest BCUT2D eigenvalue weighted by atomic mass is 16.5. The number of allylic oxidation sites excluding steroid dienone is 1. The van der Waals surface area contributed by atoms with Crippen LogP contribution in [0.25, 0.3) is 0 Å². The number of hydrogen-bond acceptors (Lipinski definition) is 4. The first-order chi connectivity index (χ1) is 14.9. The molecule has 31 heavy (non-hydrogen) atoms. The Labute approximate surface area is 186 Å². The summed E-state index contributed by atoms with van der Waals surface area (Å²) in [5.41, 5.74) is 0.704. The van der Waals surface area contributed by atoms with E-state index in [1.807, 2.05) is 0 Å². The van der Waals surface area contributed by atoms with Crippen LogP contribution in [0.3, 0.4) is 0 Å². The molecule has 5 unspecified atom stereocenters. The fraction of sp³-hybridized carbons (Fsp3) is 0.769. The lowest BCUT2D eigenvalue weighted by Crippen LogP contribution is -2.64. The number of aliphatic hydroxyl groups excluding tert-OH is 1. The second-order valence-corrected chi connectivity index (χ2v) is 9.56. The molecule has 0 spiro atoms. The lowest BCUT2D eigenvalue weighted by Gasteiger charge is -2.62. The average molecular weight is 431 g/mol. The molecule has 0 amide bonds.